The molecule has 0 aromatic heterocycles. The molecule has 0 unspecified atom stereocenters. The maximum Gasteiger partial charge on any atom is 0.253 e. The lowest BCUT2D eigenvalue weighted by atomic mass is 10.1. The molecular weight excluding hydrogens is 376 g/mol. The third kappa shape index (κ3) is 5.70. The molecule has 3 aromatic rings. The number of aryl methyl sites for hydroxylation is 1. The van der Waals surface area contributed by atoms with Gasteiger partial charge in [0.1, 0.15) is 5.75 Å². The first kappa shape index (κ1) is 21.1. The van der Waals surface area contributed by atoms with E-state index in [2.05, 4.69) is 10.6 Å². The third-order valence-electron chi connectivity index (χ3n) is 4.89. The summed E-state index contributed by atoms with van der Waals surface area (Å²) in [7, 11) is 1.62. The van der Waals surface area contributed by atoms with Crippen LogP contribution in [0.3, 0.4) is 0 Å². The number of carbonyl (C=O) groups excluding carboxylic acids is 2. The van der Waals surface area contributed by atoms with Crippen molar-refractivity contribution in [2.45, 2.75) is 25.8 Å². The smallest absolute Gasteiger partial charge is 0.253 e. The van der Waals surface area contributed by atoms with Crippen molar-refractivity contribution in [2.24, 2.45) is 0 Å². The van der Waals surface area contributed by atoms with Crippen molar-refractivity contribution in [1.82, 2.24) is 5.32 Å². The van der Waals surface area contributed by atoms with Crippen LogP contribution in [0.15, 0.2) is 78.9 Å². The molecule has 5 nitrogen and oxygen atoms in total. The first-order valence-electron chi connectivity index (χ1n) is 9.94. The SMILES string of the molecule is COc1ccc(CCC(=O)Nc2ccccc2C(=O)N[C@H](C)c2ccccc2)cc1. The zero-order valence-electron chi connectivity index (χ0n) is 17.2. The van der Waals surface area contributed by atoms with Gasteiger partial charge in [0.2, 0.25) is 5.91 Å². The molecule has 30 heavy (non-hydrogen) atoms. The molecule has 0 aliphatic rings. The quantitative estimate of drug-likeness (QED) is 0.571. The molecule has 3 rings (SSSR count). The Bertz CT molecular complexity index is 985. The minimum atomic E-state index is -0.225. The Balaban J connectivity index is 1.61. The highest BCUT2D eigenvalue weighted by molar-refractivity contribution is 6.03. The molecule has 0 radical (unpaired) electrons. The number of methoxy groups -OCH3 is 1. The molecule has 0 saturated carbocycles. The van der Waals surface area contributed by atoms with Gasteiger partial charge in [0.05, 0.1) is 24.4 Å². The second-order valence-electron chi connectivity index (χ2n) is 7.05. The van der Waals surface area contributed by atoms with Gasteiger partial charge in [-0.1, -0.05) is 54.6 Å². The van der Waals surface area contributed by atoms with Crippen molar-refractivity contribution in [3.63, 3.8) is 0 Å². The first-order chi connectivity index (χ1) is 14.6. The lowest BCUT2D eigenvalue weighted by molar-refractivity contribution is -0.116. The number of hydrogen-bond donors (Lipinski definition) is 2. The largest absolute Gasteiger partial charge is 0.497 e. The molecule has 2 amide bonds. The van der Waals surface area contributed by atoms with Crippen LogP contribution in [0.25, 0.3) is 0 Å². The van der Waals surface area contributed by atoms with E-state index in [4.69, 9.17) is 4.74 Å². The number of benzene rings is 3. The van der Waals surface area contributed by atoms with Crippen molar-refractivity contribution in [3.05, 3.63) is 95.6 Å². The molecular formula is C25H26N2O3. The van der Waals surface area contributed by atoms with E-state index in [-0.39, 0.29) is 17.9 Å². The van der Waals surface area contributed by atoms with Crippen LogP contribution in [0.2, 0.25) is 0 Å². The van der Waals surface area contributed by atoms with Crippen LogP contribution in [0.5, 0.6) is 5.75 Å². The van der Waals surface area contributed by atoms with Crippen LogP contribution in [0, 0.1) is 0 Å². The van der Waals surface area contributed by atoms with Crippen LogP contribution >= 0.6 is 0 Å². The van der Waals surface area contributed by atoms with Gasteiger partial charge in [-0.2, -0.15) is 0 Å². The number of hydrogen-bond acceptors (Lipinski definition) is 3. The van der Waals surface area contributed by atoms with Crippen LogP contribution < -0.4 is 15.4 Å². The summed E-state index contributed by atoms with van der Waals surface area (Å²) in [4.78, 5) is 25.3. The van der Waals surface area contributed by atoms with Gasteiger partial charge in [-0.15, -0.1) is 0 Å². The summed E-state index contributed by atoms with van der Waals surface area (Å²) < 4.78 is 5.15. The van der Waals surface area contributed by atoms with Gasteiger partial charge in [0.25, 0.3) is 5.91 Å². The summed E-state index contributed by atoms with van der Waals surface area (Å²) in [5.41, 5.74) is 3.02. The lowest BCUT2D eigenvalue weighted by Gasteiger charge is -2.16. The number of amides is 2. The molecule has 1 atom stereocenters. The van der Waals surface area contributed by atoms with Crippen LogP contribution in [-0.2, 0) is 11.2 Å². The minimum Gasteiger partial charge on any atom is -0.497 e. The molecule has 0 fully saturated rings. The minimum absolute atomic E-state index is 0.137. The molecule has 0 saturated heterocycles. The predicted molar refractivity (Wildman–Crippen MR) is 119 cm³/mol. The fourth-order valence-corrected chi connectivity index (χ4v) is 3.15. The fourth-order valence-electron chi connectivity index (χ4n) is 3.15. The number of ether oxygens (including phenoxy) is 1. The highest BCUT2D eigenvalue weighted by Gasteiger charge is 2.16. The Morgan fingerprint density at radius 3 is 2.27 bits per heavy atom. The van der Waals surface area contributed by atoms with Gasteiger partial charge < -0.3 is 15.4 Å². The molecule has 154 valence electrons. The normalized spacial score (nSPS) is 11.4. The molecule has 0 heterocycles. The Kier molecular flexibility index (Phi) is 7.22. The molecule has 0 aliphatic carbocycles. The summed E-state index contributed by atoms with van der Waals surface area (Å²) in [5, 5.41) is 5.87. The Morgan fingerprint density at radius 1 is 0.900 bits per heavy atom. The van der Waals surface area contributed by atoms with Crippen LogP contribution in [-0.4, -0.2) is 18.9 Å². The Labute approximate surface area is 177 Å². The van der Waals surface area contributed by atoms with E-state index in [0.717, 1.165) is 16.9 Å². The van der Waals surface area contributed by atoms with E-state index in [9.17, 15) is 9.59 Å². The topological polar surface area (TPSA) is 67.4 Å². The summed E-state index contributed by atoms with van der Waals surface area (Å²) in [6.07, 6.45) is 0.929. The number of nitrogens with one attached hydrogen (secondary N) is 2. The third-order valence-corrected chi connectivity index (χ3v) is 4.89. The van der Waals surface area contributed by atoms with Gasteiger partial charge in [0, 0.05) is 6.42 Å². The van der Waals surface area contributed by atoms with Gasteiger partial charge in [-0.3, -0.25) is 9.59 Å². The van der Waals surface area contributed by atoms with Gasteiger partial charge in [-0.05, 0) is 48.7 Å². The predicted octanol–water partition coefficient (Wildman–Crippen LogP) is 4.76. The number of carbonyl (C=O) groups is 2. The van der Waals surface area contributed by atoms with Gasteiger partial charge in [0.15, 0.2) is 0 Å². The molecule has 0 spiro atoms. The summed E-state index contributed by atoms with van der Waals surface area (Å²) >= 11 is 0. The summed E-state index contributed by atoms with van der Waals surface area (Å²) in [6, 6.07) is 24.3. The Hall–Kier alpha value is -3.60. The van der Waals surface area contributed by atoms with Crippen LogP contribution in [0.1, 0.15) is 40.9 Å². The monoisotopic (exact) mass is 402 g/mol. The zero-order chi connectivity index (χ0) is 21.3. The van der Waals surface area contributed by atoms with E-state index in [1.54, 1.807) is 31.4 Å². The second-order valence-corrected chi connectivity index (χ2v) is 7.05. The molecule has 2 N–H and O–H groups in total. The highest BCUT2D eigenvalue weighted by atomic mass is 16.5. The van der Waals surface area contributed by atoms with Crippen molar-refractivity contribution in [2.75, 3.05) is 12.4 Å². The van der Waals surface area contributed by atoms with E-state index in [1.807, 2.05) is 61.5 Å². The molecule has 5 heteroatoms. The molecule has 0 aliphatic heterocycles. The standard InChI is InChI=1S/C25H26N2O3/c1-18(20-8-4-3-5-9-20)26-25(29)22-10-6-7-11-23(22)27-24(28)17-14-19-12-15-21(30-2)16-13-19/h3-13,15-16,18H,14,17H2,1-2H3,(H,26,29)(H,27,28)/t18-/m1/s1. The molecule has 3 aromatic carbocycles. The number of anilines is 1. The lowest BCUT2D eigenvalue weighted by Crippen LogP contribution is -2.28. The van der Waals surface area contributed by atoms with Gasteiger partial charge in [-0.25, -0.2) is 0 Å². The summed E-state index contributed by atoms with van der Waals surface area (Å²) in [5.74, 6) is 0.424. The zero-order valence-corrected chi connectivity index (χ0v) is 17.2. The fraction of sp³-hybridized carbons (Fsp3) is 0.200. The van der Waals surface area contributed by atoms with Crippen molar-refractivity contribution in [3.8, 4) is 5.75 Å². The first-order valence-corrected chi connectivity index (χ1v) is 9.94. The second kappa shape index (κ2) is 10.3. The van der Waals surface area contributed by atoms with Crippen molar-refractivity contribution < 1.29 is 14.3 Å². The average molecular weight is 402 g/mol. The van der Waals surface area contributed by atoms with Crippen molar-refractivity contribution >= 4 is 17.5 Å². The van der Waals surface area contributed by atoms with E-state index >= 15 is 0 Å². The van der Waals surface area contributed by atoms with E-state index < -0.39 is 0 Å². The van der Waals surface area contributed by atoms with E-state index in [1.165, 1.54) is 0 Å². The maximum absolute atomic E-state index is 12.8. The summed E-state index contributed by atoms with van der Waals surface area (Å²) in [6.45, 7) is 1.93. The van der Waals surface area contributed by atoms with Gasteiger partial charge >= 0.3 is 0 Å². The number of para-hydroxylation sites is 1. The molecule has 0 bridgehead atoms. The van der Waals surface area contributed by atoms with E-state index in [0.29, 0.717) is 24.1 Å². The number of rotatable bonds is 8. The maximum atomic E-state index is 12.8. The average Bonchev–Trinajstić information content (AvgIpc) is 2.79. The van der Waals surface area contributed by atoms with Crippen molar-refractivity contribution in [1.29, 1.82) is 0 Å². The Morgan fingerprint density at radius 2 is 1.57 bits per heavy atom. The van der Waals surface area contributed by atoms with Crippen LogP contribution in [0.4, 0.5) is 5.69 Å². The highest BCUT2D eigenvalue weighted by Crippen LogP contribution is 2.19.